The van der Waals surface area contributed by atoms with Gasteiger partial charge in [0.15, 0.2) is 0 Å². The first-order valence-electron chi connectivity index (χ1n) is 5.54. The lowest BCUT2D eigenvalue weighted by Gasteiger charge is -2.12. The normalized spacial score (nSPS) is 10.8. The molecule has 0 atom stereocenters. The monoisotopic (exact) mass is 285 g/mol. The summed E-state index contributed by atoms with van der Waals surface area (Å²) in [6.45, 7) is 4.87. The molecule has 1 aromatic rings. The molecule has 1 aromatic carbocycles. The van der Waals surface area contributed by atoms with Crippen LogP contribution in [0.4, 0.5) is 0 Å². The summed E-state index contributed by atoms with van der Waals surface area (Å²) in [5, 5.41) is 9.09. The van der Waals surface area contributed by atoms with Crippen LogP contribution in [0.3, 0.4) is 0 Å². The van der Waals surface area contributed by atoms with Gasteiger partial charge in [0.1, 0.15) is 5.75 Å². The Balaban J connectivity index is 2.73. The highest BCUT2D eigenvalue weighted by Gasteiger charge is 2.07. The quantitative estimate of drug-likeness (QED) is 0.810. The predicted molar refractivity (Wildman–Crippen MR) is 69.6 cm³/mol. The molecule has 1 radical (unpaired) electrons. The predicted octanol–water partition coefficient (Wildman–Crippen LogP) is 3.56. The maximum absolute atomic E-state index is 9.09. The summed E-state index contributed by atoms with van der Waals surface area (Å²) in [7, 11) is 0. The van der Waals surface area contributed by atoms with E-state index in [1.165, 1.54) is 0 Å². The van der Waals surface area contributed by atoms with Crippen molar-refractivity contribution in [3.63, 3.8) is 0 Å². The maximum Gasteiger partial charge on any atom is 0.120 e. The number of benzene rings is 1. The smallest absolute Gasteiger partial charge is 0.120 e. The van der Waals surface area contributed by atoms with Crippen molar-refractivity contribution in [3.05, 3.63) is 34.2 Å². The van der Waals surface area contributed by atoms with E-state index in [-0.39, 0.29) is 6.61 Å². The topological polar surface area (TPSA) is 29.5 Å². The van der Waals surface area contributed by atoms with Crippen LogP contribution in [-0.2, 0) is 0 Å². The Labute approximate surface area is 106 Å². The maximum atomic E-state index is 9.09. The first kappa shape index (κ1) is 13.5. The molecule has 0 unspecified atom stereocenters. The molecule has 0 heterocycles. The van der Waals surface area contributed by atoms with Gasteiger partial charge in [0.25, 0.3) is 0 Å². The SMILES string of the molecule is CCCCOc1cc(Br)cc([C](C)CO)c1. The van der Waals surface area contributed by atoms with Gasteiger partial charge in [-0.15, -0.1) is 0 Å². The van der Waals surface area contributed by atoms with Gasteiger partial charge in [-0.3, -0.25) is 0 Å². The summed E-state index contributed by atoms with van der Waals surface area (Å²) in [4.78, 5) is 0. The van der Waals surface area contributed by atoms with Crippen molar-refractivity contribution in [2.75, 3.05) is 13.2 Å². The fraction of sp³-hybridized carbons (Fsp3) is 0.462. The molecule has 0 aliphatic carbocycles. The molecular weight excluding hydrogens is 268 g/mol. The zero-order chi connectivity index (χ0) is 12.0. The Morgan fingerprint density at radius 2 is 2.12 bits per heavy atom. The van der Waals surface area contributed by atoms with E-state index >= 15 is 0 Å². The molecule has 0 saturated carbocycles. The summed E-state index contributed by atoms with van der Waals surface area (Å²) in [5.41, 5.74) is 1.02. The van der Waals surface area contributed by atoms with Crippen LogP contribution in [0.5, 0.6) is 5.75 Å². The number of halogens is 1. The zero-order valence-electron chi connectivity index (χ0n) is 9.79. The fourth-order valence-corrected chi connectivity index (χ4v) is 1.79. The lowest BCUT2D eigenvalue weighted by atomic mass is 10.0. The van der Waals surface area contributed by atoms with Crippen molar-refractivity contribution >= 4 is 15.9 Å². The zero-order valence-corrected chi connectivity index (χ0v) is 11.4. The number of aliphatic hydroxyl groups excluding tert-OH is 1. The van der Waals surface area contributed by atoms with Crippen molar-refractivity contribution in [2.45, 2.75) is 26.7 Å². The highest BCUT2D eigenvalue weighted by Crippen LogP contribution is 2.25. The summed E-state index contributed by atoms with van der Waals surface area (Å²) in [6.07, 6.45) is 2.19. The molecule has 16 heavy (non-hydrogen) atoms. The second-order valence-corrected chi connectivity index (χ2v) is 4.73. The van der Waals surface area contributed by atoms with E-state index in [0.717, 1.165) is 41.2 Å². The average molecular weight is 286 g/mol. The Morgan fingerprint density at radius 1 is 1.38 bits per heavy atom. The molecular formula is C13H18BrO2. The molecule has 0 amide bonds. The molecule has 2 nitrogen and oxygen atoms in total. The fourth-order valence-electron chi connectivity index (χ4n) is 1.32. The van der Waals surface area contributed by atoms with Gasteiger partial charge in [-0.2, -0.15) is 0 Å². The molecule has 0 aliphatic heterocycles. The largest absolute Gasteiger partial charge is 0.494 e. The van der Waals surface area contributed by atoms with Crippen molar-refractivity contribution in [1.29, 1.82) is 0 Å². The van der Waals surface area contributed by atoms with Crippen LogP contribution in [0.2, 0.25) is 0 Å². The highest BCUT2D eigenvalue weighted by molar-refractivity contribution is 9.10. The Morgan fingerprint density at radius 3 is 2.75 bits per heavy atom. The van der Waals surface area contributed by atoms with Gasteiger partial charge in [-0.25, -0.2) is 0 Å². The van der Waals surface area contributed by atoms with Gasteiger partial charge >= 0.3 is 0 Å². The van der Waals surface area contributed by atoms with Crippen molar-refractivity contribution in [3.8, 4) is 5.75 Å². The number of aliphatic hydroxyl groups is 1. The first-order chi connectivity index (χ1) is 7.67. The third-order valence-corrected chi connectivity index (χ3v) is 2.83. The van der Waals surface area contributed by atoms with Crippen LogP contribution in [0.1, 0.15) is 32.3 Å². The van der Waals surface area contributed by atoms with Gasteiger partial charge in [0.05, 0.1) is 13.2 Å². The molecule has 0 aliphatic rings. The third kappa shape index (κ3) is 4.14. The minimum atomic E-state index is 0.0743. The lowest BCUT2D eigenvalue weighted by molar-refractivity contribution is 0.306. The molecule has 1 N–H and O–H groups in total. The summed E-state index contributed by atoms with van der Waals surface area (Å²) in [6, 6.07) is 5.90. The highest BCUT2D eigenvalue weighted by atomic mass is 79.9. The molecule has 3 heteroatoms. The summed E-state index contributed by atoms with van der Waals surface area (Å²) >= 11 is 3.44. The number of unbranched alkanes of at least 4 members (excludes halogenated alkanes) is 1. The number of hydrogen-bond donors (Lipinski definition) is 1. The summed E-state index contributed by atoms with van der Waals surface area (Å²) < 4.78 is 6.61. The molecule has 0 spiro atoms. The minimum absolute atomic E-state index is 0.0743. The van der Waals surface area contributed by atoms with Gasteiger partial charge in [-0.1, -0.05) is 36.2 Å². The van der Waals surface area contributed by atoms with Crippen LogP contribution in [0.15, 0.2) is 22.7 Å². The van der Waals surface area contributed by atoms with Crippen LogP contribution in [0.25, 0.3) is 0 Å². The van der Waals surface area contributed by atoms with Crippen molar-refractivity contribution in [2.24, 2.45) is 0 Å². The second kappa shape index (κ2) is 6.92. The van der Waals surface area contributed by atoms with Crippen LogP contribution in [0, 0.1) is 5.92 Å². The van der Waals surface area contributed by atoms with Gasteiger partial charge < -0.3 is 9.84 Å². The average Bonchev–Trinajstić information content (AvgIpc) is 2.27. The number of hydrogen-bond acceptors (Lipinski definition) is 2. The van der Waals surface area contributed by atoms with E-state index in [1.54, 1.807) is 0 Å². The van der Waals surface area contributed by atoms with Crippen LogP contribution in [-0.4, -0.2) is 18.3 Å². The molecule has 89 valence electrons. The third-order valence-electron chi connectivity index (χ3n) is 2.37. The first-order valence-corrected chi connectivity index (χ1v) is 6.33. The molecule has 1 rings (SSSR count). The van der Waals surface area contributed by atoms with Crippen LogP contribution < -0.4 is 4.74 Å². The van der Waals surface area contributed by atoms with E-state index in [9.17, 15) is 0 Å². The molecule has 0 bridgehead atoms. The standard InChI is InChI=1S/C13H18BrO2/c1-3-4-5-16-13-7-11(10(2)9-15)6-12(14)8-13/h6-8,15H,3-5,9H2,1-2H3. The minimum Gasteiger partial charge on any atom is -0.494 e. The number of ether oxygens (including phenoxy) is 1. The van der Waals surface area contributed by atoms with Crippen molar-refractivity contribution in [1.82, 2.24) is 0 Å². The van der Waals surface area contributed by atoms with Crippen LogP contribution >= 0.6 is 15.9 Å². The van der Waals surface area contributed by atoms with E-state index in [0.29, 0.717) is 0 Å². The van der Waals surface area contributed by atoms with E-state index in [1.807, 2.05) is 25.1 Å². The number of rotatable bonds is 6. The summed E-state index contributed by atoms with van der Waals surface area (Å²) in [5.74, 6) is 1.80. The van der Waals surface area contributed by atoms with E-state index < -0.39 is 0 Å². The second-order valence-electron chi connectivity index (χ2n) is 3.82. The molecule has 0 fully saturated rings. The Hall–Kier alpha value is -0.540. The van der Waals surface area contributed by atoms with Gasteiger partial charge in [-0.05, 0) is 30.2 Å². The lowest BCUT2D eigenvalue weighted by Crippen LogP contribution is -2.02. The van der Waals surface area contributed by atoms with Gasteiger partial charge in [0, 0.05) is 10.4 Å². The van der Waals surface area contributed by atoms with Gasteiger partial charge in [0.2, 0.25) is 0 Å². The molecule has 0 saturated heterocycles. The Kier molecular flexibility index (Phi) is 5.85. The molecule has 0 aromatic heterocycles. The van der Waals surface area contributed by atoms with E-state index in [4.69, 9.17) is 9.84 Å². The van der Waals surface area contributed by atoms with Crippen molar-refractivity contribution < 1.29 is 9.84 Å². The van der Waals surface area contributed by atoms with E-state index in [2.05, 4.69) is 22.9 Å². The Bertz CT molecular complexity index is 326.